The number of nitrogens with zero attached hydrogens (tertiary/aromatic N) is 4. The lowest BCUT2D eigenvalue weighted by atomic mass is 9.92. The molecule has 9 rings (SSSR count). The number of aromatic hydroxyl groups is 1. The van der Waals surface area contributed by atoms with Gasteiger partial charge < -0.3 is 39.4 Å². The molecule has 0 spiro atoms. The fourth-order valence-electron chi connectivity index (χ4n) is 8.66. The van der Waals surface area contributed by atoms with Crippen LogP contribution in [0.5, 0.6) is 17.2 Å². The number of hydrogen-bond donors (Lipinski definition) is 2. The molecule has 0 bridgehead atoms. The van der Waals surface area contributed by atoms with Gasteiger partial charge in [0.25, 0.3) is 11.8 Å². The van der Waals surface area contributed by atoms with Gasteiger partial charge in [0.2, 0.25) is 12.7 Å². The van der Waals surface area contributed by atoms with Gasteiger partial charge in [0, 0.05) is 67.0 Å². The van der Waals surface area contributed by atoms with Gasteiger partial charge in [-0.05, 0) is 97.0 Å². The molecular formula is C45H46ClN5O7. The maximum Gasteiger partial charge on any atom is 0.260 e. The van der Waals surface area contributed by atoms with Crippen molar-refractivity contribution in [3.8, 4) is 28.5 Å². The third-order valence-corrected chi connectivity index (χ3v) is 11.7. The van der Waals surface area contributed by atoms with E-state index in [-0.39, 0.29) is 49.4 Å². The SMILES string of the molecule is Cl.NC(=O)c1ccc(CN(C(=O)c2cc(-c3cc4c(cc3C(=O)N3Cc5ccccc5C[C@H]3CN3CCOCC3)OCO4)n3c2CCCC3)c2ccc(O)cc2)cc1. The number of nitrogens with two attached hydrogens (primary N) is 1. The molecule has 4 aliphatic rings. The Bertz CT molecular complexity index is 2340. The van der Waals surface area contributed by atoms with Gasteiger partial charge in [-0.15, -0.1) is 12.4 Å². The molecule has 4 aliphatic heterocycles. The van der Waals surface area contributed by atoms with Crippen molar-refractivity contribution in [2.45, 2.75) is 51.4 Å². The Labute approximate surface area is 343 Å². The predicted molar refractivity (Wildman–Crippen MR) is 221 cm³/mol. The highest BCUT2D eigenvalue weighted by atomic mass is 35.5. The van der Waals surface area contributed by atoms with Gasteiger partial charge in [-0.3, -0.25) is 19.3 Å². The second kappa shape index (κ2) is 16.6. The summed E-state index contributed by atoms with van der Waals surface area (Å²) in [4.78, 5) is 48.0. The van der Waals surface area contributed by atoms with Crippen molar-refractivity contribution in [1.29, 1.82) is 0 Å². The summed E-state index contributed by atoms with van der Waals surface area (Å²) in [5, 5.41) is 10.1. The topological polar surface area (TPSA) is 140 Å². The van der Waals surface area contributed by atoms with Gasteiger partial charge in [-0.2, -0.15) is 0 Å². The number of phenolic OH excluding ortho intramolecular Hbond substituents is 1. The second-order valence-electron chi connectivity index (χ2n) is 15.2. The molecule has 1 saturated heterocycles. The minimum atomic E-state index is -0.528. The lowest BCUT2D eigenvalue weighted by molar-refractivity contribution is 0.0193. The van der Waals surface area contributed by atoms with Crippen molar-refractivity contribution < 1.29 is 33.7 Å². The molecule has 13 heteroatoms. The van der Waals surface area contributed by atoms with Crippen LogP contribution < -0.4 is 20.1 Å². The Morgan fingerprint density at radius 3 is 2.29 bits per heavy atom. The summed E-state index contributed by atoms with van der Waals surface area (Å²) in [5.74, 6) is 0.320. The lowest BCUT2D eigenvalue weighted by Crippen LogP contribution is -2.52. The summed E-state index contributed by atoms with van der Waals surface area (Å²) in [6.07, 6.45) is 3.28. The van der Waals surface area contributed by atoms with Gasteiger partial charge >= 0.3 is 0 Å². The monoisotopic (exact) mass is 803 g/mol. The molecule has 0 aliphatic carbocycles. The molecule has 0 saturated carbocycles. The van der Waals surface area contributed by atoms with Crippen LogP contribution in [-0.4, -0.2) is 82.9 Å². The highest BCUT2D eigenvalue weighted by molar-refractivity contribution is 6.09. The van der Waals surface area contributed by atoms with Crippen molar-refractivity contribution in [2.75, 3.05) is 44.5 Å². The number of primary amides is 1. The van der Waals surface area contributed by atoms with E-state index in [2.05, 4.69) is 27.7 Å². The summed E-state index contributed by atoms with van der Waals surface area (Å²) in [6.45, 7) is 5.16. The van der Waals surface area contributed by atoms with Crippen LogP contribution in [0.1, 0.15) is 66.3 Å². The maximum absolute atomic E-state index is 15.2. The average Bonchev–Trinajstić information content (AvgIpc) is 3.87. The van der Waals surface area contributed by atoms with Crippen molar-refractivity contribution >= 4 is 35.8 Å². The Balaban J connectivity index is 0.00000469. The zero-order valence-corrected chi connectivity index (χ0v) is 32.9. The predicted octanol–water partition coefficient (Wildman–Crippen LogP) is 6.19. The van der Waals surface area contributed by atoms with E-state index in [1.807, 2.05) is 29.2 Å². The zero-order valence-electron chi connectivity index (χ0n) is 32.1. The summed E-state index contributed by atoms with van der Waals surface area (Å²) in [5.41, 5.74) is 13.1. The molecule has 58 heavy (non-hydrogen) atoms. The summed E-state index contributed by atoms with van der Waals surface area (Å²) in [7, 11) is 0. The van der Waals surface area contributed by atoms with E-state index in [0.717, 1.165) is 61.4 Å². The van der Waals surface area contributed by atoms with Gasteiger partial charge in [0.15, 0.2) is 11.5 Å². The van der Waals surface area contributed by atoms with Crippen LogP contribution in [0.2, 0.25) is 0 Å². The summed E-state index contributed by atoms with van der Waals surface area (Å²) < 4.78 is 19.6. The Morgan fingerprint density at radius 2 is 1.55 bits per heavy atom. The molecule has 0 radical (unpaired) electrons. The number of benzene rings is 4. The molecule has 5 heterocycles. The largest absolute Gasteiger partial charge is 0.508 e. The van der Waals surface area contributed by atoms with Crippen LogP contribution in [0.25, 0.3) is 11.3 Å². The second-order valence-corrected chi connectivity index (χ2v) is 15.2. The highest BCUT2D eigenvalue weighted by Gasteiger charge is 2.36. The Hall–Kier alpha value is -5.82. The van der Waals surface area contributed by atoms with Gasteiger partial charge in [0.05, 0.1) is 30.9 Å². The van der Waals surface area contributed by atoms with E-state index >= 15 is 4.79 Å². The highest BCUT2D eigenvalue weighted by Crippen LogP contribution is 2.42. The van der Waals surface area contributed by atoms with Crippen LogP contribution in [0.3, 0.4) is 0 Å². The third-order valence-electron chi connectivity index (χ3n) is 11.7. The first-order chi connectivity index (χ1) is 27.8. The molecule has 1 atom stereocenters. The molecule has 5 aromatic rings. The number of morpholine rings is 1. The third kappa shape index (κ3) is 7.62. The van der Waals surface area contributed by atoms with Crippen molar-refractivity contribution in [1.82, 2.24) is 14.4 Å². The lowest BCUT2D eigenvalue weighted by Gasteiger charge is -2.40. The van der Waals surface area contributed by atoms with Crippen molar-refractivity contribution in [3.63, 3.8) is 0 Å². The van der Waals surface area contributed by atoms with Gasteiger partial charge in [0.1, 0.15) is 5.75 Å². The normalized spacial score (nSPS) is 17.2. The van der Waals surface area contributed by atoms with E-state index in [4.69, 9.17) is 19.9 Å². The number of aromatic nitrogens is 1. The first-order valence-corrected chi connectivity index (χ1v) is 19.6. The Kier molecular flexibility index (Phi) is 11.2. The van der Waals surface area contributed by atoms with Gasteiger partial charge in [-0.25, -0.2) is 0 Å². The number of halogens is 1. The molecule has 0 unspecified atom stereocenters. The fourth-order valence-corrected chi connectivity index (χ4v) is 8.66. The summed E-state index contributed by atoms with van der Waals surface area (Å²) >= 11 is 0. The quantitative estimate of drug-likeness (QED) is 0.180. The van der Waals surface area contributed by atoms with Crippen molar-refractivity contribution in [3.05, 3.63) is 130 Å². The van der Waals surface area contributed by atoms with E-state index in [0.29, 0.717) is 72.2 Å². The number of hydrogen-bond acceptors (Lipinski definition) is 8. The molecule has 1 fully saturated rings. The first kappa shape index (κ1) is 39.0. The fraction of sp³-hybridized carbons (Fsp3) is 0.311. The molecule has 3 N–H and O–H groups in total. The van der Waals surface area contributed by atoms with Crippen molar-refractivity contribution in [2.24, 2.45) is 5.73 Å². The number of fused-ring (bicyclic) bond motifs is 3. The standard InChI is InChI=1S/C45H45N5O7.ClH/c46-43(52)30-10-8-29(9-11-30)25-49(33-12-14-35(51)15-13-33)45(54)38-22-40(48-16-4-3-7-39(38)48)36-23-41-42(57-28-56-41)24-37(36)44(53)50-26-32-6-2-1-5-31(32)21-34(50)27-47-17-19-55-20-18-47;/h1-2,5-6,8-15,22-24,34,51H,3-4,7,16-21,25-28H2,(H2,46,52);1H/t34-;/m0./s1. The van der Waals surface area contributed by atoms with Gasteiger partial charge in [-0.1, -0.05) is 36.4 Å². The van der Waals surface area contributed by atoms with E-state index in [1.54, 1.807) is 53.4 Å². The first-order valence-electron chi connectivity index (χ1n) is 19.6. The number of anilines is 1. The van der Waals surface area contributed by atoms with E-state index in [1.165, 1.54) is 5.56 Å². The summed E-state index contributed by atoms with van der Waals surface area (Å²) in [6, 6.07) is 27.4. The van der Waals surface area contributed by atoms with Crippen LogP contribution in [-0.2, 0) is 37.2 Å². The smallest absolute Gasteiger partial charge is 0.260 e. The maximum atomic E-state index is 15.2. The number of phenols is 1. The van der Waals surface area contributed by atoms with Crippen LogP contribution in [0, 0.1) is 0 Å². The molecule has 1 aromatic heterocycles. The Morgan fingerprint density at radius 1 is 0.828 bits per heavy atom. The number of rotatable bonds is 9. The molecule has 12 nitrogen and oxygen atoms in total. The number of carbonyl (C=O) groups excluding carboxylic acids is 3. The van der Waals surface area contributed by atoms with Crippen LogP contribution >= 0.6 is 12.4 Å². The minimum absolute atomic E-state index is 0. The average molecular weight is 804 g/mol. The van der Waals surface area contributed by atoms with Crippen LogP contribution in [0.15, 0.2) is 91.0 Å². The molecule has 300 valence electrons. The molecular weight excluding hydrogens is 758 g/mol. The van der Waals surface area contributed by atoms with Crippen LogP contribution in [0.4, 0.5) is 5.69 Å². The molecule has 3 amide bonds. The minimum Gasteiger partial charge on any atom is -0.508 e. The van der Waals surface area contributed by atoms with E-state index in [9.17, 15) is 14.7 Å². The zero-order chi connectivity index (χ0) is 39.0. The number of amides is 3. The number of ether oxygens (including phenoxy) is 3. The molecule has 4 aromatic carbocycles. The number of carbonyl (C=O) groups is 3. The van der Waals surface area contributed by atoms with E-state index < -0.39 is 5.91 Å².